The van der Waals surface area contributed by atoms with Gasteiger partial charge in [0.15, 0.2) is 0 Å². The number of anilines is 3. The number of nitrogens with one attached hydrogen (secondary N) is 3. The molecule has 2 heterocycles. The zero-order valence-electron chi connectivity index (χ0n) is 18.9. The highest BCUT2D eigenvalue weighted by atomic mass is 19.1. The maximum atomic E-state index is 13.7. The highest BCUT2D eigenvalue weighted by Crippen LogP contribution is 2.31. The quantitative estimate of drug-likeness (QED) is 0.317. The zero-order valence-corrected chi connectivity index (χ0v) is 18.9. The van der Waals surface area contributed by atoms with Gasteiger partial charge in [0.25, 0.3) is 0 Å². The van der Waals surface area contributed by atoms with Crippen molar-refractivity contribution in [1.82, 2.24) is 19.9 Å². The first-order valence-corrected chi connectivity index (χ1v) is 10.6. The second-order valence-corrected chi connectivity index (χ2v) is 7.85. The van der Waals surface area contributed by atoms with Crippen LogP contribution in [-0.4, -0.2) is 53.0 Å². The fourth-order valence-corrected chi connectivity index (χ4v) is 3.33. The standard InChI is InChI=1S/C25H25FN6O2/c1-4-23(33)30-20-13-18(8-9-22(20)34-11-10-32(2)3)29-25-28-15-21-24(31-25)19(14-27-21)16-6-5-7-17(26)12-16/h4-9,12-15,27H,1,10-11H2,2-3H3,(H,30,33)(H,28,29,31). The van der Waals surface area contributed by atoms with Crippen molar-refractivity contribution in [2.24, 2.45) is 0 Å². The number of amides is 1. The van der Waals surface area contributed by atoms with Gasteiger partial charge in [-0.05, 0) is 56.1 Å². The van der Waals surface area contributed by atoms with E-state index in [1.807, 2.05) is 31.1 Å². The molecule has 2 aromatic heterocycles. The van der Waals surface area contributed by atoms with Crippen molar-refractivity contribution in [3.05, 3.63) is 73.3 Å². The number of hydrogen-bond donors (Lipinski definition) is 3. The number of hydrogen-bond acceptors (Lipinski definition) is 6. The molecule has 4 aromatic rings. The largest absolute Gasteiger partial charge is 0.490 e. The molecule has 0 radical (unpaired) electrons. The molecule has 0 fully saturated rings. The SMILES string of the molecule is C=CC(=O)Nc1cc(Nc2ncc3[nH]cc(-c4cccc(F)c4)c3n2)ccc1OCCN(C)C. The van der Waals surface area contributed by atoms with E-state index in [0.29, 0.717) is 40.8 Å². The summed E-state index contributed by atoms with van der Waals surface area (Å²) in [5, 5.41) is 5.93. The Kier molecular flexibility index (Phi) is 6.84. The van der Waals surface area contributed by atoms with Crippen LogP contribution in [0.1, 0.15) is 0 Å². The van der Waals surface area contributed by atoms with Crippen LogP contribution in [0.25, 0.3) is 22.2 Å². The Bertz CT molecular complexity index is 1330. The molecule has 1 amide bonds. The first-order chi connectivity index (χ1) is 16.4. The van der Waals surface area contributed by atoms with Crippen LogP contribution in [0.3, 0.4) is 0 Å². The minimum absolute atomic E-state index is 0.318. The highest BCUT2D eigenvalue weighted by Gasteiger charge is 2.12. The minimum Gasteiger partial charge on any atom is -0.490 e. The van der Waals surface area contributed by atoms with E-state index in [1.54, 1.807) is 30.6 Å². The number of carbonyl (C=O) groups is 1. The van der Waals surface area contributed by atoms with E-state index in [4.69, 9.17) is 4.74 Å². The van der Waals surface area contributed by atoms with Crippen LogP contribution < -0.4 is 15.4 Å². The molecule has 0 saturated carbocycles. The molecule has 9 heteroatoms. The van der Waals surface area contributed by atoms with E-state index in [0.717, 1.165) is 17.6 Å². The van der Waals surface area contributed by atoms with Gasteiger partial charge in [0, 0.05) is 24.0 Å². The molecule has 174 valence electrons. The molecule has 34 heavy (non-hydrogen) atoms. The number of carbonyl (C=O) groups excluding carboxylic acids is 1. The van der Waals surface area contributed by atoms with E-state index in [2.05, 4.69) is 32.2 Å². The van der Waals surface area contributed by atoms with Gasteiger partial charge >= 0.3 is 0 Å². The second-order valence-electron chi connectivity index (χ2n) is 7.85. The Labute approximate surface area is 196 Å². The molecule has 4 rings (SSSR count). The number of aromatic nitrogens is 3. The van der Waals surface area contributed by atoms with E-state index < -0.39 is 0 Å². The van der Waals surface area contributed by atoms with Crippen LogP contribution in [0.5, 0.6) is 5.75 Å². The smallest absolute Gasteiger partial charge is 0.247 e. The average Bonchev–Trinajstić information content (AvgIpc) is 3.23. The van der Waals surface area contributed by atoms with Gasteiger partial charge in [-0.15, -0.1) is 0 Å². The third-order valence-corrected chi connectivity index (χ3v) is 5.03. The van der Waals surface area contributed by atoms with Gasteiger partial charge in [-0.3, -0.25) is 4.79 Å². The first-order valence-electron chi connectivity index (χ1n) is 10.6. The van der Waals surface area contributed by atoms with E-state index >= 15 is 0 Å². The fraction of sp³-hybridized carbons (Fsp3) is 0.160. The summed E-state index contributed by atoms with van der Waals surface area (Å²) >= 11 is 0. The van der Waals surface area contributed by atoms with Crippen LogP contribution in [0.15, 0.2) is 67.5 Å². The first kappa shape index (κ1) is 22.9. The number of nitrogens with zero attached hydrogens (tertiary/aromatic N) is 3. The Hall–Kier alpha value is -4.24. The van der Waals surface area contributed by atoms with Gasteiger partial charge in [0.05, 0.1) is 17.4 Å². The molecule has 0 aliphatic carbocycles. The maximum Gasteiger partial charge on any atom is 0.247 e. The lowest BCUT2D eigenvalue weighted by atomic mass is 10.1. The molecule has 0 atom stereocenters. The minimum atomic E-state index is -0.348. The molecule has 0 aliphatic rings. The number of likely N-dealkylation sites (N-methyl/N-ethyl adjacent to an activating group) is 1. The van der Waals surface area contributed by atoms with Crippen molar-refractivity contribution < 1.29 is 13.9 Å². The van der Waals surface area contributed by atoms with Crippen molar-refractivity contribution in [2.45, 2.75) is 0 Å². The van der Waals surface area contributed by atoms with Crippen LogP contribution in [-0.2, 0) is 4.79 Å². The van der Waals surface area contributed by atoms with E-state index in [-0.39, 0.29) is 11.7 Å². The van der Waals surface area contributed by atoms with E-state index in [9.17, 15) is 9.18 Å². The second kappa shape index (κ2) is 10.1. The molecular formula is C25H25FN6O2. The van der Waals surface area contributed by atoms with Crippen LogP contribution in [0, 0.1) is 5.82 Å². The summed E-state index contributed by atoms with van der Waals surface area (Å²) in [6, 6.07) is 11.7. The van der Waals surface area contributed by atoms with Crippen molar-refractivity contribution >= 4 is 34.3 Å². The molecule has 0 spiro atoms. The van der Waals surface area contributed by atoms with Gasteiger partial charge < -0.3 is 25.3 Å². The molecule has 0 saturated heterocycles. The predicted molar refractivity (Wildman–Crippen MR) is 132 cm³/mol. The molecule has 0 bridgehead atoms. The fourth-order valence-electron chi connectivity index (χ4n) is 3.33. The third-order valence-electron chi connectivity index (χ3n) is 5.03. The molecule has 8 nitrogen and oxygen atoms in total. The van der Waals surface area contributed by atoms with Gasteiger partial charge in [-0.2, -0.15) is 0 Å². The summed E-state index contributed by atoms with van der Waals surface area (Å²) in [6.45, 7) is 4.70. The molecule has 0 aliphatic heterocycles. The summed E-state index contributed by atoms with van der Waals surface area (Å²) in [5.74, 6) is 0.227. The topological polar surface area (TPSA) is 95.2 Å². The number of aromatic amines is 1. The molecule has 0 unspecified atom stereocenters. The highest BCUT2D eigenvalue weighted by molar-refractivity contribution is 6.00. The summed E-state index contributed by atoms with van der Waals surface area (Å²) in [5.41, 5.74) is 4.02. The lowest BCUT2D eigenvalue weighted by Gasteiger charge is -2.15. The number of H-pyrrole nitrogens is 1. The summed E-state index contributed by atoms with van der Waals surface area (Å²) in [6.07, 6.45) is 4.63. The number of fused-ring (bicyclic) bond motifs is 1. The average molecular weight is 461 g/mol. The Morgan fingerprint density at radius 2 is 2.12 bits per heavy atom. The normalized spacial score (nSPS) is 10.9. The monoisotopic (exact) mass is 460 g/mol. The number of halogens is 1. The molecular weight excluding hydrogens is 435 g/mol. The number of ether oxygens (including phenoxy) is 1. The van der Waals surface area contributed by atoms with Gasteiger partial charge in [0.2, 0.25) is 11.9 Å². The molecule has 2 aromatic carbocycles. The number of benzene rings is 2. The van der Waals surface area contributed by atoms with Crippen molar-refractivity contribution in [3.63, 3.8) is 0 Å². The van der Waals surface area contributed by atoms with Crippen LogP contribution in [0.4, 0.5) is 21.7 Å². The maximum absolute atomic E-state index is 13.7. The summed E-state index contributed by atoms with van der Waals surface area (Å²) in [7, 11) is 3.91. The third kappa shape index (κ3) is 5.38. The van der Waals surface area contributed by atoms with Gasteiger partial charge in [0.1, 0.15) is 23.7 Å². The van der Waals surface area contributed by atoms with Crippen molar-refractivity contribution in [3.8, 4) is 16.9 Å². The van der Waals surface area contributed by atoms with Crippen molar-refractivity contribution in [2.75, 3.05) is 37.9 Å². The van der Waals surface area contributed by atoms with E-state index in [1.165, 1.54) is 18.2 Å². The molecule has 3 N–H and O–H groups in total. The predicted octanol–water partition coefficient (Wildman–Crippen LogP) is 4.57. The lowest BCUT2D eigenvalue weighted by molar-refractivity contribution is -0.111. The summed E-state index contributed by atoms with van der Waals surface area (Å²) in [4.78, 5) is 26.0. The Morgan fingerprint density at radius 1 is 1.26 bits per heavy atom. The van der Waals surface area contributed by atoms with Crippen LogP contribution >= 0.6 is 0 Å². The Balaban J connectivity index is 1.61. The summed E-state index contributed by atoms with van der Waals surface area (Å²) < 4.78 is 19.6. The number of rotatable bonds is 9. The zero-order chi connectivity index (χ0) is 24.1. The van der Waals surface area contributed by atoms with Gasteiger partial charge in [-0.25, -0.2) is 14.4 Å². The van der Waals surface area contributed by atoms with Crippen molar-refractivity contribution in [1.29, 1.82) is 0 Å². The van der Waals surface area contributed by atoms with Gasteiger partial charge in [-0.1, -0.05) is 18.7 Å². The Morgan fingerprint density at radius 3 is 2.88 bits per heavy atom. The van der Waals surface area contributed by atoms with Crippen LogP contribution in [0.2, 0.25) is 0 Å². The lowest BCUT2D eigenvalue weighted by Crippen LogP contribution is -2.20.